The summed E-state index contributed by atoms with van der Waals surface area (Å²) in [4.78, 5) is 0. The Morgan fingerprint density at radius 2 is 1.65 bits per heavy atom. The van der Waals surface area contributed by atoms with E-state index in [0.29, 0.717) is 17.8 Å². The number of benzene rings is 2. The van der Waals surface area contributed by atoms with Crippen LogP contribution in [0.3, 0.4) is 0 Å². The molecule has 34 heavy (non-hydrogen) atoms. The molecule has 180 valence electrons. The predicted molar refractivity (Wildman–Crippen MR) is 143 cm³/mol. The SMILES string of the molecule is CCC[N+]1=C(c2ccccc2)C(=CO[C@@H]2C[C@H](C)CC[C@H]2C(C)(C)c2ccccc2)[C@H](C)C=C1. The van der Waals surface area contributed by atoms with E-state index in [1.165, 1.54) is 35.3 Å². The van der Waals surface area contributed by atoms with Crippen LogP contribution in [0.15, 0.2) is 84.8 Å². The lowest BCUT2D eigenvalue weighted by atomic mass is 9.64. The third-order valence-electron chi connectivity index (χ3n) is 7.99. The maximum atomic E-state index is 6.82. The number of hydrogen-bond acceptors (Lipinski definition) is 1. The molecule has 0 N–H and O–H groups in total. The van der Waals surface area contributed by atoms with Crippen molar-refractivity contribution in [3.63, 3.8) is 0 Å². The first kappa shape index (κ1) is 24.5. The van der Waals surface area contributed by atoms with Crippen LogP contribution in [0.4, 0.5) is 0 Å². The molecule has 2 nitrogen and oxygen atoms in total. The first-order chi connectivity index (χ1) is 16.4. The van der Waals surface area contributed by atoms with Gasteiger partial charge in [0.05, 0.1) is 11.8 Å². The molecule has 1 aliphatic carbocycles. The van der Waals surface area contributed by atoms with E-state index in [4.69, 9.17) is 4.74 Å². The molecule has 2 aliphatic rings. The maximum Gasteiger partial charge on any atom is 0.219 e. The lowest BCUT2D eigenvalue weighted by molar-refractivity contribution is -0.458. The van der Waals surface area contributed by atoms with Gasteiger partial charge in [0.25, 0.3) is 0 Å². The van der Waals surface area contributed by atoms with Crippen LogP contribution >= 0.6 is 0 Å². The standard InChI is InChI=1S/C32H42NO/c1-6-20-33-21-19-25(3)28(31(33)26-13-9-7-10-14-26)23-34-30-22-24(2)17-18-29(30)32(4,5)27-15-11-8-12-16-27/h7-16,19,21,23-25,29-30H,6,17-18,20,22H2,1-5H3/q+1/t24-,25-,29-,30-/m1/s1. The molecule has 0 amide bonds. The summed E-state index contributed by atoms with van der Waals surface area (Å²) in [5.41, 5.74) is 5.33. The molecule has 0 spiro atoms. The fourth-order valence-corrected chi connectivity index (χ4v) is 5.86. The summed E-state index contributed by atoms with van der Waals surface area (Å²) in [5, 5.41) is 0. The van der Waals surface area contributed by atoms with Crippen molar-refractivity contribution < 1.29 is 9.31 Å². The molecule has 1 saturated carbocycles. The van der Waals surface area contributed by atoms with Gasteiger partial charge in [0.1, 0.15) is 12.6 Å². The Morgan fingerprint density at radius 1 is 0.971 bits per heavy atom. The molecule has 1 fully saturated rings. The molecule has 1 heterocycles. The minimum absolute atomic E-state index is 0.0723. The van der Waals surface area contributed by atoms with Crippen LogP contribution in [-0.4, -0.2) is 22.9 Å². The van der Waals surface area contributed by atoms with Gasteiger partial charge in [-0.1, -0.05) is 89.6 Å². The maximum absolute atomic E-state index is 6.82. The average Bonchev–Trinajstić information content (AvgIpc) is 2.85. The molecule has 4 atom stereocenters. The zero-order valence-corrected chi connectivity index (χ0v) is 21.7. The summed E-state index contributed by atoms with van der Waals surface area (Å²) in [6.07, 6.45) is 11.6. The van der Waals surface area contributed by atoms with Crippen molar-refractivity contribution in [2.24, 2.45) is 17.8 Å². The number of ether oxygens (including phenoxy) is 1. The highest BCUT2D eigenvalue weighted by Crippen LogP contribution is 2.44. The van der Waals surface area contributed by atoms with Crippen molar-refractivity contribution in [3.05, 3.63) is 95.9 Å². The fourth-order valence-electron chi connectivity index (χ4n) is 5.86. The predicted octanol–water partition coefficient (Wildman–Crippen LogP) is 7.74. The van der Waals surface area contributed by atoms with Gasteiger partial charge in [-0.25, -0.2) is 0 Å². The zero-order valence-electron chi connectivity index (χ0n) is 21.7. The van der Waals surface area contributed by atoms with Crippen molar-refractivity contribution in [1.82, 2.24) is 0 Å². The molecule has 0 aromatic heterocycles. The Balaban J connectivity index is 1.68. The summed E-state index contributed by atoms with van der Waals surface area (Å²) in [5.74, 6) is 1.51. The molecule has 2 heteroatoms. The second-order valence-electron chi connectivity index (χ2n) is 10.9. The Morgan fingerprint density at radius 3 is 2.32 bits per heavy atom. The van der Waals surface area contributed by atoms with Crippen LogP contribution in [0.5, 0.6) is 0 Å². The van der Waals surface area contributed by atoms with Crippen molar-refractivity contribution in [1.29, 1.82) is 0 Å². The van der Waals surface area contributed by atoms with Gasteiger partial charge in [0, 0.05) is 23.8 Å². The minimum Gasteiger partial charge on any atom is -0.497 e. The largest absolute Gasteiger partial charge is 0.497 e. The normalized spacial score (nSPS) is 26.7. The first-order valence-electron chi connectivity index (χ1n) is 13.2. The lowest BCUT2D eigenvalue weighted by Crippen LogP contribution is -2.42. The second-order valence-corrected chi connectivity index (χ2v) is 10.9. The smallest absolute Gasteiger partial charge is 0.219 e. The Bertz CT molecular complexity index is 1030. The highest BCUT2D eigenvalue weighted by atomic mass is 16.5. The minimum atomic E-state index is 0.0723. The van der Waals surface area contributed by atoms with Crippen molar-refractivity contribution in [2.75, 3.05) is 6.54 Å². The molecule has 1 aliphatic heterocycles. The van der Waals surface area contributed by atoms with Gasteiger partial charge in [-0.3, -0.25) is 0 Å². The van der Waals surface area contributed by atoms with Gasteiger partial charge in [0.2, 0.25) is 5.71 Å². The van der Waals surface area contributed by atoms with E-state index in [1.807, 2.05) is 0 Å². The van der Waals surface area contributed by atoms with Crippen LogP contribution in [-0.2, 0) is 10.2 Å². The van der Waals surface area contributed by atoms with Crippen LogP contribution in [0, 0.1) is 17.8 Å². The molecule has 0 radical (unpaired) electrons. The summed E-state index contributed by atoms with van der Waals surface area (Å²) < 4.78 is 9.22. The topological polar surface area (TPSA) is 12.2 Å². The number of allylic oxidation sites excluding steroid dienone is 2. The first-order valence-corrected chi connectivity index (χ1v) is 13.2. The van der Waals surface area contributed by atoms with Gasteiger partial charge in [-0.2, -0.15) is 4.58 Å². The monoisotopic (exact) mass is 456 g/mol. The number of nitrogens with zero attached hydrogens (tertiary/aromatic N) is 1. The van der Waals surface area contributed by atoms with E-state index in [2.05, 4.69) is 118 Å². The van der Waals surface area contributed by atoms with Crippen LogP contribution in [0.2, 0.25) is 0 Å². The van der Waals surface area contributed by atoms with Crippen LogP contribution in [0.25, 0.3) is 0 Å². The quantitative estimate of drug-likeness (QED) is 0.306. The van der Waals surface area contributed by atoms with Gasteiger partial charge < -0.3 is 4.74 Å². The van der Waals surface area contributed by atoms with Crippen molar-refractivity contribution in [3.8, 4) is 0 Å². The molecule has 0 saturated heterocycles. The third kappa shape index (κ3) is 5.22. The molecule has 0 unspecified atom stereocenters. The molecular formula is C32H42NO+. The molecule has 2 aromatic carbocycles. The average molecular weight is 457 g/mol. The Hall–Kier alpha value is -2.61. The van der Waals surface area contributed by atoms with Gasteiger partial charge in [-0.05, 0) is 47.9 Å². The molecule has 4 rings (SSSR count). The van der Waals surface area contributed by atoms with E-state index >= 15 is 0 Å². The van der Waals surface area contributed by atoms with E-state index in [0.717, 1.165) is 19.4 Å². The van der Waals surface area contributed by atoms with Gasteiger partial charge in [-0.15, -0.1) is 0 Å². The van der Waals surface area contributed by atoms with Crippen molar-refractivity contribution >= 4 is 5.71 Å². The molecule has 2 aromatic rings. The Kier molecular flexibility index (Phi) is 7.76. The van der Waals surface area contributed by atoms with Crippen LogP contribution < -0.4 is 0 Å². The summed E-state index contributed by atoms with van der Waals surface area (Å²) in [7, 11) is 0. The lowest BCUT2D eigenvalue weighted by Gasteiger charge is -2.44. The third-order valence-corrected chi connectivity index (χ3v) is 7.99. The van der Waals surface area contributed by atoms with Crippen LogP contribution in [0.1, 0.15) is 71.4 Å². The Labute approximate surface area is 207 Å². The summed E-state index contributed by atoms with van der Waals surface area (Å²) in [6, 6.07) is 21.8. The highest BCUT2D eigenvalue weighted by molar-refractivity contribution is 6.10. The number of hydrogen-bond donors (Lipinski definition) is 0. The zero-order chi connectivity index (χ0) is 24.1. The van der Waals surface area contributed by atoms with E-state index in [9.17, 15) is 0 Å². The van der Waals surface area contributed by atoms with Gasteiger partial charge >= 0.3 is 0 Å². The molecular weight excluding hydrogens is 414 g/mol. The van der Waals surface area contributed by atoms with E-state index < -0.39 is 0 Å². The highest BCUT2D eigenvalue weighted by Gasteiger charge is 2.41. The summed E-state index contributed by atoms with van der Waals surface area (Å²) >= 11 is 0. The second kappa shape index (κ2) is 10.8. The molecule has 0 bridgehead atoms. The fraction of sp³-hybridized carbons (Fsp3) is 0.469. The van der Waals surface area contributed by atoms with Gasteiger partial charge in [0.15, 0.2) is 6.20 Å². The number of rotatable bonds is 7. The van der Waals surface area contributed by atoms with E-state index in [1.54, 1.807) is 0 Å². The van der Waals surface area contributed by atoms with E-state index in [-0.39, 0.29) is 11.5 Å². The summed E-state index contributed by atoms with van der Waals surface area (Å²) in [6.45, 7) is 12.7. The van der Waals surface area contributed by atoms with Crippen molar-refractivity contribution in [2.45, 2.75) is 71.8 Å².